The number of ketones is 1. The van der Waals surface area contributed by atoms with Gasteiger partial charge in [0.05, 0.1) is 6.54 Å². The third-order valence-corrected chi connectivity index (χ3v) is 3.12. The first-order chi connectivity index (χ1) is 7.91. The van der Waals surface area contributed by atoms with Gasteiger partial charge in [0.15, 0.2) is 5.78 Å². The highest BCUT2D eigenvalue weighted by Gasteiger charge is 2.18. The van der Waals surface area contributed by atoms with Crippen molar-refractivity contribution in [1.29, 1.82) is 0 Å². The number of halogens is 2. The fourth-order valence-electron chi connectivity index (χ4n) is 1.12. The van der Waals surface area contributed by atoms with Gasteiger partial charge in [-0.3, -0.25) is 4.79 Å². The molecule has 0 amide bonds. The Balaban J connectivity index is 2.63. The van der Waals surface area contributed by atoms with E-state index >= 15 is 0 Å². The lowest BCUT2D eigenvalue weighted by Crippen LogP contribution is -2.33. The topological polar surface area (TPSA) is 63.2 Å². The second-order valence-corrected chi connectivity index (χ2v) is 5.09. The zero-order chi connectivity index (χ0) is 12.9. The predicted molar refractivity (Wildman–Crippen MR) is 58.6 cm³/mol. The molecule has 0 radical (unpaired) electrons. The monoisotopic (exact) mass is 263 g/mol. The van der Waals surface area contributed by atoms with Gasteiger partial charge >= 0.3 is 0 Å². The zero-order valence-electron chi connectivity index (χ0n) is 8.77. The van der Waals surface area contributed by atoms with Gasteiger partial charge in [-0.25, -0.2) is 21.9 Å². The van der Waals surface area contributed by atoms with Crippen molar-refractivity contribution in [3.05, 3.63) is 35.9 Å². The molecule has 1 rings (SSSR count). The Morgan fingerprint density at radius 2 is 1.82 bits per heavy atom. The third kappa shape index (κ3) is 5.01. The molecule has 1 N–H and O–H groups in total. The van der Waals surface area contributed by atoms with Crippen molar-refractivity contribution in [3.8, 4) is 0 Å². The number of carbonyl (C=O) groups excluding carboxylic acids is 1. The van der Waals surface area contributed by atoms with Gasteiger partial charge in [-0.2, -0.15) is 0 Å². The van der Waals surface area contributed by atoms with Crippen molar-refractivity contribution in [2.75, 3.05) is 12.3 Å². The van der Waals surface area contributed by atoms with Crippen LogP contribution in [0, 0.1) is 0 Å². The first-order valence-electron chi connectivity index (χ1n) is 4.74. The Bertz CT molecular complexity index is 474. The highest BCUT2D eigenvalue weighted by Crippen LogP contribution is 2.02. The van der Waals surface area contributed by atoms with Crippen LogP contribution in [0.3, 0.4) is 0 Å². The van der Waals surface area contributed by atoms with Crippen LogP contribution < -0.4 is 4.72 Å². The lowest BCUT2D eigenvalue weighted by atomic mass is 10.2. The SMILES string of the molecule is O=C(CS(=O)(=O)NCC(F)F)c1ccccc1. The molecule has 17 heavy (non-hydrogen) atoms. The zero-order valence-corrected chi connectivity index (χ0v) is 9.58. The highest BCUT2D eigenvalue weighted by atomic mass is 32.2. The molecule has 0 atom stereocenters. The fraction of sp³-hybridized carbons (Fsp3) is 0.300. The van der Waals surface area contributed by atoms with Crippen molar-refractivity contribution in [2.45, 2.75) is 6.43 Å². The lowest BCUT2D eigenvalue weighted by Gasteiger charge is -2.05. The number of carbonyl (C=O) groups is 1. The summed E-state index contributed by atoms with van der Waals surface area (Å²) in [6.45, 7) is -0.982. The van der Waals surface area contributed by atoms with Gasteiger partial charge in [-0.15, -0.1) is 0 Å². The Hall–Kier alpha value is -1.34. The standard InChI is InChI=1S/C10H11F2NO3S/c11-10(12)6-13-17(15,16)7-9(14)8-4-2-1-3-5-8/h1-5,10,13H,6-7H2. The van der Waals surface area contributed by atoms with Crippen LogP contribution in [0.1, 0.15) is 10.4 Å². The molecule has 0 spiro atoms. The molecule has 0 bridgehead atoms. The van der Waals surface area contributed by atoms with E-state index in [1.54, 1.807) is 22.9 Å². The van der Waals surface area contributed by atoms with Gasteiger partial charge in [0.1, 0.15) is 5.75 Å². The molecule has 94 valence electrons. The van der Waals surface area contributed by atoms with Crippen LogP contribution in [0.4, 0.5) is 8.78 Å². The molecule has 0 aliphatic rings. The summed E-state index contributed by atoms with van der Waals surface area (Å²) < 4.78 is 47.8. The largest absolute Gasteiger partial charge is 0.293 e. The summed E-state index contributed by atoms with van der Waals surface area (Å²) in [5.74, 6) is -1.46. The first-order valence-corrected chi connectivity index (χ1v) is 6.39. The van der Waals surface area contributed by atoms with Crippen LogP contribution in [0.25, 0.3) is 0 Å². The second-order valence-electron chi connectivity index (χ2n) is 3.29. The van der Waals surface area contributed by atoms with Crippen molar-refractivity contribution in [1.82, 2.24) is 4.72 Å². The molecule has 7 heteroatoms. The summed E-state index contributed by atoms with van der Waals surface area (Å²) in [5, 5.41) is 0. The van der Waals surface area contributed by atoms with Gasteiger partial charge in [-0.05, 0) is 0 Å². The molecule has 0 saturated heterocycles. The van der Waals surface area contributed by atoms with Crippen molar-refractivity contribution in [3.63, 3.8) is 0 Å². The summed E-state index contributed by atoms with van der Waals surface area (Å²) in [7, 11) is -4.00. The summed E-state index contributed by atoms with van der Waals surface area (Å²) in [6, 6.07) is 7.79. The number of Topliss-reactive ketones (excluding diaryl/α,β-unsaturated/α-hetero) is 1. The molecule has 0 unspecified atom stereocenters. The minimum absolute atomic E-state index is 0.231. The minimum Gasteiger partial charge on any atom is -0.293 e. The predicted octanol–water partition coefficient (Wildman–Crippen LogP) is 1.05. The van der Waals surface area contributed by atoms with Gasteiger partial charge in [0.2, 0.25) is 10.0 Å². The van der Waals surface area contributed by atoms with Crippen molar-refractivity contribution in [2.24, 2.45) is 0 Å². The van der Waals surface area contributed by atoms with E-state index in [4.69, 9.17) is 0 Å². The number of benzene rings is 1. The van der Waals surface area contributed by atoms with Crippen molar-refractivity contribution < 1.29 is 22.0 Å². The van der Waals surface area contributed by atoms with Crippen LogP contribution in [0.15, 0.2) is 30.3 Å². The smallest absolute Gasteiger partial charge is 0.251 e. The maximum absolute atomic E-state index is 11.8. The first kappa shape index (κ1) is 13.7. The fourth-order valence-corrected chi connectivity index (χ4v) is 2.11. The molecule has 0 aromatic heterocycles. The van der Waals surface area contributed by atoms with Crippen molar-refractivity contribution >= 4 is 15.8 Å². The van der Waals surface area contributed by atoms with Crippen LogP contribution >= 0.6 is 0 Å². The summed E-state index contributed by atoms with van der Waals surface area (Å²) in [5.41, 5.74) is 0.231. The lowest BCUT2D eigenvalue weighted by molar-refractivity contribution is 0.102. The molecular weight excluding hydrogens is 252 g/mol. The number of alkyl halides is 2. The Kier molecular flexibility index (Phi) is 4.71. The van der Waals surface area contributed by atoms with Crippen LogP contribution in [-0.2, 0) is 10.0 Å². The van der Waals surface area contributed by atoms with E-state index in [2.05, 4.69) is 0 Å². The molecule has 0 heterocycles. The molecule has 0 aliphatic heterocycles. The van der Waals surface area contributed by atoms with Crippen LogP contribution in [0.5, 0.6) is 0 Å². The quantitative estimate of drug-likeness (QED) is 0.780. The molecule has 0 saturated carbocycles. The van der Waals surface area contributed by atoms with E-state index in [0.29, 0.717) is 0 Å². The van der Waals surface area contributed by atoms with E-state index in [-0.39, 0.29) is 5.56 Å². The van der Waals surface area contributed by atoms with Gasteiger partial charge < -0.3 is 0 Å². The normalized spacial score (nSPS) is 11.7. The van der Waals surface area contributed by atoms with E-state index < -0.39 is 34.5 Å². The molecule has 1 aromatic rings. The number of hydrogen-bond acceptors (Lipinski definition) is 3. The van der Waals surface area contributed by atoms with E-state index in [0.717, 1.165) is 0 Å². The third-order valence-electron chi connectivity index (χ3n) is 1.87. The number of sulfonamides is 1. The maximum atomic E-state index is 11.8. The maximum Gasteiger partial charge on any atom is 0.251 e. The van der Waals surface area contributed by atoms with E-state index in [1.165, 1.54) is 12.1 Å². The van der Waals surface area contributed by atoms with Crippen LogP contribution in [-0.4, -0.2) is 32.9 Å². The van der Waals surface area contributed by atoms with Crippen LogP contribution in [0.2, 0.25) is 0 Å². The number of rotatable bonds is 6. The van der Waals surface area contributed by atoms with Gasteiger partial charge in [-0.1, -0.05) is 30.3 Å². The van der Waals surface area contributed by atoms with Gasteiger partial charge in [0.25, 0.3) is 6.43 Å². The number of hydrogen-bond donors (Lipinski definition) is 1. The van der Waals surface area contributed by atoms with E-state index in [9.17, 15) is 22.0 Å². The Labute approximate surface area is 97.7 Å². The molecule has 0 fully saturated rings. The average molecular weight is 263 g/mol. The summed E-state index contributed by atoms with van der Waals surface area (Å²) >= 11 is 0. The molecule has 1 aromatic carbocycles. The molecule has 0 aliphatic carbocycles. The average Bonchev–Trinajstić information content (AvgIpc) is 2.27. The summed E-state index contributed by atoms with van der Waals surface area (Å²) in [4.78, 5) is 11.5. The van der Waals surface area contributed by atoms with E-state index in [1.807, 2.05) is 0 Å². The van der Waals surface area contributed by atoms with Gasteiger partial charge in [0, 0.05) is 5.56 Å². The highest BCUT2D eigenvalue weighted by molar-refractivity contribution is 7.90. The molecule has 4 nitrogen and oxygen atoms in total. The number of nitrogens with one attached hydrogen (secondary N) is 1. The summed E-state index contributed by atoms with van der Waals surface area (Å²) in [6.07, 6.45) is -2.78. The Morgan fingerprint density at radius 1 is 1.24 bits per heavy atom. The Morgan fingerprint density at radius 3 is 2.35 bits per heavy atom. The minimum atomic E-state index is -4.00. The second kappa shape index (κ2) is 5.83. The molecular formula is C10H11F2NO3S.